The fourth-order valence-corrected chi connectivity index (χ4v) is 0.765. The molecule has 0 bridgehead atoms. The van der Waals surface area contributed by atoms with Gasteiger partial charge in [0.05, 0.1) is 0 Å². The molecular formula is C8H19N3O. The molecule has 0 aromatic heterocycles. The van der Waals surface area contributed by atoms with Crippen LogP contribution in [-0.4, -0.2) is 30.3 Å². The Balaban J connectivity index is 3.41. The highest BCUT2D eigenvalue weighted by Gasteiger charge is 1.93. The summed E-state index contributed by atoms with van der Waals surface area (Å²) in [6, 6.07) is 0.326. The predicted octanol–water partition coefficient (Wildman–Crippen LogP) is 0.0716. The quantitative estimate of drug-likeness (QED) is 0.313. The summed E-state index contributed by atoms with van der Waals surface area (Å²) >= 11 is 0. The summed E-state index contributed by atoms with van der Waals surface area (Å²) < 4.78 is 0. The van der Waals surface area contributed by atoms with Crippen LogP contribution in [0.4, 0.5) is 0 Å². The number of aliphatic hydroxyl groups is 1. The lowest BCUT2D eigenvalue weighted by molar-refractivity contribution is 0.285. The predicted molar refractivity (Wildman–Crippen MR) is 51.1 cm³/mol. The molecule has 0 rings (SSSR count). The first-order valence-electron chi connectivity index (χ1n) is 4.34. The van der Waals surface area contributed by atoms with E-state index in [9.17, 15) is 0 Å². The lowest BCUT2D eigenvalue weighted by atomic mass is 10.3. The Morgan fingerprint density at radius 3 is 2.67 bits per heavy atom. The first-order valence-corrected chi connectivity index (χ1v) is 4.34. The van der Waals surface area contributed by atoms with Crippen molar-refractivity contribution in [3.05, 3.63) is 0 Å². The number of hydrogen-bond acceptors (Lipinski definition) is 2. The van der Waals surface area contributed by atoms with Gasteiger partial charge in [0.2, 0.25) is 0 Å². The fraction of sp³-hybridized carbons (Fsp3) is 0.875. The number of hydrogen-bond donors (Lipinski definition) is 3. The summed E-state index contributed by atoms with van der Waals surface area (Å²) in [6.07, 6.45) is 1.68. The molecule has 4 N–H and O–H groups in total. The number of rotatable bonds is 5. The molecule has 0 aliphatic carbocycles. The number of unbranched alkanes of at least 4 members (excludes halogenated alkanes) is 1. The third-order valence-electron chi connectivity index (χ3n) is 1.28. The fourth-order valence-electron chi connectivity index (χ4n) is 0.765. The molecule has 0 atom stereocenters. The Hall–Kier alpha value is -0.770. The van der Waals surface area contributed by atoms with E-state index in [0.717, 1.165) is 12.8 Å². The number of nitrogens with one attached hydrogen (secondary N) is 1. The average molecular weight is 173 g/mol. The van der Waals surface area contributed by atoms with Crippen molar-refractivity contribution in [1.82, 2.24) is 5.32 Å². The minimum absolute atomic E-state index is 0.229. The largest absolute Gasteiger partial charge is 0.396 e. The van der Waals surface area contributed by atoms with Crippen molar-refractivity contribution in [2.75, 3.05) is 13.2 Å². The van der Waals surface area contributed by atoms with Crippen LogP contribution >= 0.6 is 0 Å². The van der Waals surface area contributed by atoms with E-state index in [0.29, 0.717) is 18.5 Å². The van der Waals surface area contributed by atoms with Gasteiger partial charge < -0.3 is 16.2 Å². The van der Waals surface area contributed by atoms with Crippen molar-refractivity contribution in [2.45, 2.75) is 32.7 Å². The van der Waals surface area contributed by atoms with Crippen LogP contribution in [0, 0.1) is 0 Å². The van der Waals surface area contributed by atoms with Crippen molar-refractivity contribution in [1.29, 1.82) is 0 Å². The maximum Gasteiger partial charge on any atom is 0.188 e. The molecule has 0 aliphatic rings. The Labute approximate surface area is 73.9 Å². The van der Waals surface area contributed by atoms with Crippen molar-refractivity contribution >= 4 is 5.96 Å². The van der Waals surface area contributed by atoms with Crippen molar-refractivity contribution in [2.24, 2.45) is 10.7 Å². The Morgan fingerprint density at radius 2 is 2.17 bits per heavy atom. The second kappa shape index (κ2) is 6.91. The number of aliphatic hydroxyl groups excluding tert-OH is 1. The molecule has 4 heteroatoms. The molecule has 72 valence electrons. The molecule has 0 aromatic rings. The normalized spacial score (nSPS) is 12.2. The second-order valence-corrected chi connectivity index (χ2v) is 3.00. The van der Waals surface area contributed by atoms with Crippen LogP contribution in [0.2, 0.25) is 0 Å². The van der Waals surface area contributed by atoms with E-state index in [2.05, 4.69) is 10.3 Å². The van der Waals surface area contributed by atoms with E-state index < -0.39 is 0 Å². The van der Waals surface area contributed by atoms with E-state index in [1.54, 1.807) is 0 Å². The van der Waals surface area contributed by atoms with Gasteiger partial charge in [-0.2, -0.15) is 0 Å². The first-order chi connectivity index (χ1) is 5.66. The van der Waals surface area contributed by atoms with Crippen LogP contribution < -0.4 is 11.1 Å². The molecule has 0 aromatic carbocycles. The van der Waals surface area contributed by atoms with Gasteiger partial charge in [-0.05, 0) is 26.7 Å². The molecule has 0 fully saturated rings. The molecule has 0 spiro atoms. The van der Waals surface area contributed by atoms with E-state index in [1.165, 1.54) is 0 Å². The SMILES string of the molecule is CC(C)NC(N)=NCCCCO. The van der Waals surface area contributed by atoms with E-state index >= 15 is 0 Å². The van der Waals surface area contributed by atoms with Crippen LogP contribution in [0.1, 0.15) is 26.7 Å². The zero-order valence-electron chi connectivity index (χ0n) is 7.88. The topological polar surface area (TPSA) is 70.6 Å². The van der Waals surface area contributed by atoms with Crippen LogP contribution in [0.25, 0.3) is 0 Å². The molecule has 4 nitrogen and oxygen atoms in total. The van der Waals surface area contributed by atoms with Crippen molar-refractivity contribution in [3.63, 3.8) is 0 Å². The van der Waals surface area contributed by atoms with Gasteiger partial charge in [-0.1, -0.05) is 0 Å². The number of nitrogens with zero attached hydrogens (tertiary/aromatic N) is 1. The zero-order valence-corrected chi connectivity index (χ0v) is 7.88. The summed E-state index contributed by atoms with van der Waals surface area (Å²) in [5.41, 5.74) is 5.53. The Morgan fingerprint density at radius 1 is 1.50 bits per heavy atom. The minimum Gasteiger partial charge on any atom is -0.396 e. The molecule has 0 saturated heterocycles. The highest BCUT2D eigenvalue weighted by Crippen LogP contribution is 1.87. The zero-order chi connectivity index (χ0) is 9.40. The number of aliphatic imine (C=N–C) groups is 1. The number of guanidine groups is 1. The second-order valence-electron chi connectivity index (χ2n) is 3.00. The van der Waals surface area contributed by atoms with Crippen LogP contribution in [0.15, 0.2) is 4.99 Å². The molecule has 0 amide bonds. The van der Waals surface area contributed by atoms with Gasteiger partial charge >= 0.3 is 0 Å². The molecular weight excluding hydrogens is 154 g/mol. The maximum absolute atomic E-state index is 8.48. The standard InChI is InChI=1S/C8H19N3O/c1-7(2)11-8(9)10-5-3-4-6-12/h7,12H,3-6H2,1-2H3,(H3,9,10,11). The van der Waals surface area contributed by atoms with Crippen LogP contribution in [0.5, 0.6) is 0 Å². The molecule has 0 radical (unpaired) electrons. The van der Waals surface area contributed by atoms with Gasteiger partial charge in [-0.3, -0.25) is 4.99 Å². The third kappa shape index (κ3) is 7.34. The van der Waals surface area contributed by atoms with Crippen LogP contribution in [0.3, 0.4) is 0 Å². The molecule has 0 aliphatic heterocycles. The molecule has 0 heterocycles. The van der Waals surface area contributed by atoms with Gasteiger partial charge in [-0.25, -0.2) is 0 Å². The maximum atomic E-state index is 8.48. The van der Waals surface area contributed by atoms with E-state index in [-0.39, 0.29) is 6.61 Å². The van der Waals surface area contributed by atoms with Gasteiger partial charge in [0, 0.05) is 19.2 Å². The van der Waals surface area contributed by atoms with Crippen LogP contribution in [-0.2, 0) is 0 Å². The molecule has 0 unspecified atom stereocenters. The number of nitrogens with two attached hydrogens (primary N) is 1. The lowest BCUT2D eigenvalue weighted by Crippen LogP contribution is -2.36. The Kier molecular flexibility index (Phi) is 6.47. The minimum atomic E-state index is 0.229. The third-order valence-corrected chi connectivity index (χ3v) is 1.28. The first kappa shape index (κ1) is 11.2. The molecule has 0 saturated carbocycles. The monoisotopic (exact) mass is 173 g/mol. The van der Waals surface area contributed by atoms with Gasteiger partial charge in [0.15, 0.2) is 5.96 Å². The van der Waals surface area contributed by atoms with Gasteiger partial charge in [0.25, 0.3) is 0 Å². The smallest absolute Gasteiger partial charge is 0.188 e. The van der Waals surface area contributed by atoms with Crippen molar-refractivity contribution < 1.29 is 5.11 Å². The van der Waals surface area contributed by atoms with Gasteiger partial charge in [-0.15, -0.1) is 0 Å². The van der Waals surface area contributed by atoms with Crippen molar-refractivity contribution in [3.8, 4) is 0 Å². The summed E-state index contributed by atoms with van der Waals surface area (Å²) in [6.45, 7) is 4.94. The summed E-state index contributed by atoms with van der Waals surface area (Å²) in [5.74, 6) is 0.489. The highest BCUT2D eigenvalue weighted by molar-refractivity contribution is 5.77. The summed E-state index contributed by atoms with van der Waals surface area (Å²) in [5, 5.41) is 11.5. The molecule has 12 heavy (non-hydrogen) atoms. The summed E-state index contributed by atoms with van der Waals surface area (Å²) in [4.78, 5) is 4.07. The van der Waals surface area contributed by atoms with E-state index in [1.807, 2.05) is 13.8 Å². The van der Waals surface area contributed by atoms with E-state index in [4.69, 9.17) is 10.8 Å². The summed E-state index contributed by atoms with van der Waals surface area (Å²) in [7, 11) is 0. The highest BCUT2D eigenvalue weighted by atomic mass is 16.2. The Bertz CT molecular complexity index is 134. The van der Waals surface area contributed by atoms with Gasteiger partial charge in [0.1, 0.15) is 0 Å². The lowest BCUT2D eigenvalue weighted by Gasteiger charge is -2.07. The average Bonchev–Trinajstić information content (AvgIpc) is 1.97.